The number of hydrogen-bond donors (Lipinski definition) is 1. The van der Waals surface area contributed by atoms with Crippen LogP contribution >= 0.6 is 0 Å². The summed E-state index contributed by atoms with van der Waals surface area (Å²) >= 11 is 0. The highest BCUT2D eigenvalue weighted by Crippen LogP contribution is 2.21. The molecule has 6 heteroatoms. The van der Waals surface area contributed by atoms with E-state index in [1.807, 2.05) is 48.1 Å². The van der Waals surface area contributed by atoms with Crippen molar-refractivity contribution in [2.45, 2.75) is 13.5 Å². The predicted molar refractivity (Wildman–Crippen MR) is 85.5 cm³/mol. The van der Waals surface area contributed by atoms with Crippen molar-refractivity contribution < 1.29 is 0 Å². The molecule has 0 fully saturated rings. The van der Waals surface area contributed by atoms with Gasteiger partial charge in [0.05, 0.1) is 13.1 Å². The quantitative estimate of drug-likeness (QED) is 0.789. The van der Waals surface area contributed by atoms with Gasteiger partial charge in [-0.15, -0.1) is 0 Å². The zero-order valence-corrected chi connectivity index (χ0v) is 12.3. The van der Waals surface area contributed by atoms with Crippen LogP contribution < -0.4 is 4.90 Å². The first kappa shape index (κ1) is 12.8. The van der Waals surface area contributed by atoms with Crippen LogP contribution in [0.3, 0.4) is 0 Å². The van der Waals surface area contributed by atoms with Crippen molar-refractivity contribution in [1.82, 2.24) is 19.7 Å². The van der Waals surface area contributed by atoms with Gasteiger partial charge in [0.1, 0.15) is 11.7 Å². The Kier molecular flexibility index (Phi) is 3.00. The number of nitrogens with one attached hydrogen (secondary N) is 1. The first-order valence-corrected chi connectivity index (χ1v) is 7.22. The molecule has 1 aromatic carbocycles. The van der Waals surface area contributed by atoms with Gasteiger partial charge in [0.25, 0.3) is 0 Å². The Morgan fingerprint density at radius 2 is 2.05 bits per heavy atom. The van der Waals surface area contributed by atoms with Crippen molar-refractivity contribution in [3.8, 4) is 0 Å². The van der Waals surface area contributed by atoms with Crippen LogP contribution in [0.4, 0.5) is 11.5 Å². The second kappa shape index (κ2) is 5.14. The Morgan fingerprint density at radius 3 is 2.82 bits per heavy atom. The van der Waals surface area contributed by atoms with E-state index in [0.717, 1.165) is 30.4 Å². The molecule has 22 heavy (non-hydrogen) atoms. The van der Waals surface area contributed by atoms with E-state index in [0.29, 0.717) is 5.82 Å². The highest BCUT2D eigenvalue weighted by molar-refractivity contribution is 5.92. The summed E-state index contributed by atoms with van der Waals surface area (Å²) in [6.07, 6.45) is 3.77. The normalized spacial score (nSPS) is 16.0. The lowest BCUT2D eigenvalue weighted by Gasteiger charge is -2.30. The third-order valence-electron chi connectivity index (χ3n) is 3.72. The molecular weight excluding hydrogens is 276 g/mol. The fourth-order valence-electron chi connectivity index (χ4n) is 2.66. The first-order valence-electron chi connectivity index (χ1n) is 7.22. The van der Waals surface area contributed by atoms with Gasteiger partial charge in [-0.05, 0) is 19.1 Å². The number of H-pyrrole nitrogens is 1. The van der Waals surface area contributed by atoms with Gasteiger partial charge < -0.3 is 4.90 Å². The number of fused-ring (bicyclic) bond motifs is 1. The van der Waals surface area contributed by atoms with Gasteiger partial charge in [0, 0.05) is 29.8 Å². The second-order valence-corrected chi connectivity index (χ2v) is 5.34. The molecule has 110 valence electrons. The van der Waals surface area contributed by atoms with Gasteiger partial charge in [-0.3, -0.25) is 9.67 Å². The highest BCUT2D eigenvalue weighted by atomic mass is 15.3. The lowest BCUT2D eigenvalue weighted by molar-refractivity contribution is 0.753. The number of aryl methyl sites for hydroxylation is 1. The van der Waals surface area contributed by atoms with Gasteiger partial charge in [-0.25, -0.2) is 9.98 Å². The number of rotatable bonds is 2. The number of hydrogen-bond acceptors (Lipinski definition) is 4. The fraction of sp³-hybridized carbons (Fsp3) is 0.188. The van der Waals surface area contributed by atoms with Crippen molar-refractivity contribution in [1.29, 1.82) is 0 Å². The summed E-state index contributed by atoms with van der Waals surface area (Å²) in [5, 5.41) is 7.12. The molecule has 0 atom stereocenters. The SMILES string of the molecule is Cc1cc(N=C2CN(c3ccccc3)Cc3nccn32)n[nH]1. The molecule has 1 aliphatic rings. The minimum absolute atomic E-state index is 0.696. The Hall–Kier alpha value is -2.89. The summed E-state index contributed by atoms with van der Waals surface area (Å²) in [6, 6.07) is 12.3. The molecule has 6 nitrogen and oxygen atoms in total. The van der Waals surface area contributed by atoms with E-state index in [1.54, 1.807) is 0 Å². The third-order valence-corrected chi connectivity index (χ3v) is 3.72. The molecule has 0 bridgehead atoms. The Labute approximate surface area is 128 Å². The number of benzene rings is 1. The van der Waals surface area contributed by atoms with Gasteiger partial charge in [-0.1, -0.05) is 18.2 Å². The lowest BCUT2D eigenvalue weighted by Crippen LogP contribution is -2.39. The topological polar surface area (TPSA) is 62.1 Å². The summed E-state index contributed by atoms with van der Waals surface area (Å²) in [6.45, 7) is 3.46. The molecule has 0 unspecified atom stereocenters. The Balaban J connectivity index is 1.73. The molecule has 0 radical (unpaired) electrons. The van der Waals surface area contributed by atoms with E-state index in [1.165, 1.54) is 5.69 Å². The predicted octanol–water partition coefficient (Wildman–Crippen LogP) is 2.51. The molecule has 0 amide bonds. The number of anilines is 1. The van der Waals surface area contributed by atoms with Crippen molar-refractivity contribution >= 4 is 17.3 Å². The van der Waals surface area contributed by atoms with Crippen molar-refractivity contribution in [2.24, 2.45) is 4.99 Å². The molecule has 1 N–H and O–H groups in total. The number of nitrogens with zero attached hydrogens (tertiary/aromatic N) is 5. The van der Waals surface area contributed by atoms with E-state index in [4.69, 9.17) is 0 Å². The van der Waals surface area contributed by atoms with Crippen LogP contribution in [0, 0.1) is 6.92 Å². The number of para-hydroxylation sites is 1. The standard InChI is InChI=1S/C16H16N6/c1-12-9-14(20-19-12)18-16-11-21(13-5-3-2-4-6-13)10-15-17-7-8-22(15)16/h2-9H,10-11H2,1H3,(H,19,20). The summed E-state index contributed by atoms with van der Waals surface area (Å²) in [5.74, 6) is 2.61. The van der Waals surface area contributed by atoms with Crippen LogP contribution in [0.1, 0.15) is 11.5 Å². The van der Waals surface area contributed by atoms with E-state index in [-0.39, 0.29) is 0 Å². The van der Waals surface area contributed by atoms with Crippen LogP contribution in [0.5, 0.6) is 0 Å². The van der Waals surface area contributed by atoms with Crippen molar-refractivity contribution in [3.63, 3.8) is 0 Å². The molecule has 0 saturated heterocycles. The highest BCUT2D eigenvalue weighted by Gasteiger charge is 2.22. The minimum atomic E-state index is 0.696. The van der Waals surface area contributed by atoms with Crippen LogP contribution in [0.25, 0.3) is 0 Å². The van der Waals surface area contributed by atoms with E-state index in [2.05, 4.69) is 37.2 Å². The molecule has 3 aromatic rings. The zero-order chi connectivity index (χ0) is 14.9. The average Bonchev–Trinajstić information content (AvgIpc) is 3.17. The Morgan fingerprint density at radius 1 is 1.18 bits per heavy atom. The van der Waals surface area contributed by atoms with Crippen molar-refractivity contribution in [2.75, 3.05) is 11.4 Å². The number of aliphatic imine (C=N–C) groups is 1. The van der Waals surface area contributed by atoms with E-state index < -0.39 is 0 Å². The van der Waals surface area contributed by atoms with Crippen molar-refractivity contribution in [3.05, 3.63) is 60.3 Å². The Bertz CT molecular complexity index is 814. The largest absolute Gasteiger partial charge is 0.357 e. The smallest absolute Gasteiger partial charge is 0.175 e. The zero-order valence-electron chi connectivity index (χ0n) is 12.3. The van der Waals surface area contributed by atoms with E-state index >= 15 is 0 Å². The maximum Gasteiger partial charge on any atom is 0.175 e. The molecule has 3 heterocycles. The maximum absolute atomic E-state index is 4.68. The van der Waals surface area contributed by atoms with Crippen LogP contribution in [0.2, 0.25) is 0 Å². The summed E-state index contributed by atoms with van der Waals surface area (Å²) < 4.78 is 2.05. The molecule has 4 rings (SSSR count). The number of imidazole rings is 1. The summed E-state index contributed by atoms with van der Waals surface area (Å²) in [4.78, 5) is 11.4. The van der Waals surface area contributed by atoms with Crippen LogP contribution in [0.15, 0.2) is 53.8 Å². The molecule has 0 saturated carbocycles. The van der Waals surface area contributed by atoms with Crippen LogP contribution in [-0.4, -0.2) is 32.1 Å². The fourth-order valence-corrected chi connectivity index (χ4v) is 2.66. The maximum atomic E-state index is 4.68. The van der Waals surface area contributed by atoms with Crippen LogP contribution in [-0.2, 0) is 6.54 Å². The second-order valence-electron chi connectivity index (χ2n) is 5.34. The average molecular weight is 292 g/mol. The minimum Gasteiger partial charge on any atom is -0.357 e. The molecule has 0 aliphatic carbocycles. The third kappa shape index (κ3) is 2.28. The van der Waals surface area contributed by atoms with Gasteiger partial charge in [0.15, 0.2) is 5.82 Å². The lowest BCUT2D eigenvalue weighted by atomic mass is 10.2. The molecule has 0 spiro atoms. The summed E-state index contributed by atoms with van der Waals surface area (Å²) in [7, 11) is 0. The van der Waals surface area contributed by atoms with Gasteiger partial charge in [-0.2, -0.15) is 5.10 Å². The van der Waals surface area contributed by atoms with Gasteiger partial charge >= 0.3 is 0 Å². The summed E-state index contributed by atoms with van der Waals surface area (Å²) in [5.41, 5.74) is 2.17. The van der Waals surface area contributed by atoms with Gasteiger partial charge in [0.2, 0.25) is 0 Å². The molecule has 1 aliphatic heterocycles. The van der Waals surface area contributed by atoms with E-state index in [9.17, 15) is 0 Å². The molecular formula is C16H16N6. The number of aromatic nitrogens is 4. The first-order chi connectivity index (χ1) is 10.8. The molecule has 2 aromatic heterocycles. The number of aromatic amines is 1. The monoisotopic (exact) mass is 292 g/mol.